The molecule has 0 radical (unpaired) electrons. The van der Waals surface area contributed by atoms with Gasteiger partial charge in [0.2, 0.25) is 0 Å². The van der Waals surface area contributed by atoms with Gasteiger partial charge in [0.25, 0.3) is 0 Å². The molecule has 0 spiro atoms. The number of nitriles is 1. The molecule has 0 saturated carbocycles. The van der Waals surface area contributed by atoms with Gasteiger partial charge in [-0.15, -0.1) is 0 Å². The topological polar surface area (TPSA) is 97.4 Å². The first-order valence-corrected chi connectivity index (χ1v) is 6.05. The van der Waals surface area contributed by atoms with Crippen LogP contribution in [0.1, 0.15) is 11.1 Å². The van der Waals surface area contributed by atoms with Gasteiger partial charge in [0.15, 0.2) is 0 Å². The lowest BCUT2D eigenvalue weighted by atomic mass is 10.2. The van der Waals surface area contributed by atoms with Crippen LogP contribution in [0.2, 0.25) is 0 Å². The largest absolute Gasteiger partial charge is 0.366 e. The predicted octanol–water partition coefficient (Wildman–Crippen LogP) is 1.73. The lowest BCUT2D eigenvalue weighted by Gasteiger charge is -2.05. The van der Waals surface area contributed by atoms with Crippen LogP contribution < -0.4 is 11.0 Å². The van der Waals surface area contributed by atoms with E-state index in [1.165, 1.54) is 6.20 Å². The number of nitrogens with one attached hydrogen (secondary N) is 3. The number of fused-ring (bicyclic) bond motifs is 1. The highest BCUT2D eigenvalue weighted by atomic mass is 16.1. The summed E-state index contributed by atoms with van der Waals surface area (Å²) in [7, 11) is 0. The van der Waals surface area contributed by atoms with Crippen molar-refractivity contribution in [3.8, 4) is 6.07 Å². The molecule has 6 heteroatoms. The third-order valence-corrected chi connectivity index (χ3v) is 2.95. The summed E-state index contributed by atoms with van der Waals surface area (Å²) in [4.78, 5) is 20.7. The van der Waals surface area contributed by atoms with E-state index in [1.807, 2.05) is 24.3 Å². The molecule has 0 amide bonds. The Kier molecular flexibility index (Phi) is 2.94. The minimum atomic E-state index is -0.209. The lowest BCUT2D eigenvalue weighted by molar-refractivity contribution is 1.11. The molecular formula is C14H11N5O. The molecule has 0 unspecified atom stereocenters. The van der Waals surface area contributed by atoms with Crippen LogP contribution in [0.4, 0.5) is 5.82 Å². The summed E-state index contributed by atoms with van der Waals surface area (Å²) in [6.07, 6.45) is 1.52. The third kappa shape index (κ3) is 2.37. The minimum Gasteiger partial charge on any atom is -0.366 e. The summed E-state index contributed by atoms with van der Waals surface area (Å²) < 4.78 is 0. The molecule has 98 valence electrons. The number of hydrogen-bond acceptors (Lipinski definition) is 4. The summed E-state index contributed by atoms with van der Waals surface area (Å²) >= 11 is 0. The van der Waals surface area contributed by atoms with E-state index in [4.69, 9.17) is 5.26 Å². The number of nitrogens with zero attached hydrogens (tertiary/aromatic N) is 2. The van der Waals surface area contributed by atoms with Crippen molar-refractivity contribution in [1.29, 1.82) is 5.26 Å². The highest BCUT2D eigenvalue weighted by Crippen LogP contribution is 2.12. The number of H-pyrrole nitrogens is 2. The van der Waals surface area contributed by atoms with Crippen LogP contribution in [0.3, 0.4) is 0 Å². The Hall–Kier alpha value is -3.07. The zero-order valence-corrected chi connectivity index (χ0v) is 10.5. The number of aromatic nitrogens is 3. The van der Waals surface area contributed by atoms with Crippen molar-refractivity contribution in [2.45, 2.75) is 6.54 Å². The maximum absolute atomic E-state index is 11.2. The first-order chi connectivity index (χ1) is 9.74. The van der Waals surface area contributed by atoms with Crippen molar-refractivity contribution in [2.75, 3.05) is 5.32 Å². The van der Waals surface area contributed by atoms with Gasteiger partial charge in [-0.2, -0.15) is 5.26 Å². The van der Waals surface area contributed by atoms with Crippen LogP contribution in [0, 0.1) is 11.3 Å². The smallest absolute Gasteiger partial charge is 0.323 e. The van der Waals surface area contributed by atoms with Gasteiger partial charge >= 0.3 is 5.69 Å². The molecule has 20 heavy (non-hydrogen) atoms. The van der Waals surface area contributed by atoms with E-state index in [-0.39, 0.29) is 5.69 Å². The second-order valence-electron chi connectivity index (χ2n) is 4.36. The Bertz CT molecular complexity index is 838. The van der Waals surface area contributed by atoms with E-state index >= 15 is 0 Å². The van der Waals surface area contributed by atoms with Crippen LogP contribution >= 0.6 is 0 Å². The van der Waals surface area contributed by atoms with Gasteiger partial charge in [0.1, 0.15) is 11.9 Å². The van der Waals surface area contributed by atoms with Crippen molar-refractivity contribution in [3.05, 3.63) is 58.1 Å². The van der Waals surface area contributed by atoms with E-state index in [2.05, 4.69) is 20.3 Å². The fourth-order valence-electron chi connectivity index (χ4n) is 1.95. The normalized spacial score (nSPS) is 10.3. The molecular weight excluding hydrogens is 254 g/mol. The Labute approximate surface area is 114 Å². The Balaban J connectivity index is 1.75. The summed E-state index contributed by atoms with van der Waals surface area (Å²) in [6.45, 7) is 0.585. The number of hydrogen-bond donors (Lipinski definition) is 3. The number of benzene rings is 1. The minimum absolute atomic E-state index is 0.209. The van der Waals surface area contributed by atoms with Crippen molar-refractivity contribution >= 4 is 16.9 Å². The van der Waals surface area contributed by atoms with Gasteiger partial charge < -0.3 is 15.3 Å². The van der Waals surface area contributed by atoms with E-state index in [0.29, 0.717) is 17.9 Å². The number of rotatable bonds is 3. The SMILES string of the molecule is N#Cc1ccc(NCc2ccc3[nH]c(=O)[nH]c3c2)nc1. The van der Waals surface area contributed by atoms with Gasteiger partial charge in [-0.05, 0) is 29.8 Å². The molecule has 0 atom stereocenters. The van der Waals surface area contributed by atoms with Crippen LogP contribution in [0.25, 0.3) is 11.0 Å². The zero-order valence-electron chi connectivity index (χ0n) is 10.5. The van der Waals surface area contributed by atoms with Crippen molar-refractivity contribution in [1.82, 2.24) is 15.0 Å². The molecule has 3 aromatic rings. The standard InChI is InChI=1S/C14H11N5O/c15-6-10-2-4-13(17-8-10)16-7-9-1-3-11-12(5-9)19-14(20)18-11/h1-5,8H,7H2,(H,16,17)(H2,18,19,20). The van der Waals surface area contributed by atoms with Crippen LogP contribution in [-0.4, -0.2) is 15.0 Å². The molecule has 0 aliphatic carbocycles. The second-order valence-corrected chi connectivity index (χ2v) is 4.36. The second kappa shape index (κ2) is 4.90. The highest BCUT2D eigenvalue weighted by Gasteiger charge is 2.00. The Morgan fingerprint density at radius 1 is 1.20 bits per heavy atom. The van der Waals surface area contributed by atoms with Gasteiger partial charge in [-0.25, -0.2) is 9.78 Å². The summed E-state index contributed by atoms with van der Waals surface area (Å²) in [6, 6.07) is 11.2. The summed E-state index contributed by atoms with van der Waals surface area (Å²) in [5, 5.41) is 11.9. The Morgan fingerprint density at radius 2 is 2.05 bits per heavy atom. The van der Waals surface area contributed by atoms with Gasteiger partial charge in [0, 0.05) is 12.7 Å². The van der Waals surface area contributed by atoms with E-state index in [9.17, 15) is 4.79 Å². The van der Waals surface area contributed by atoms with Gasteiger partial charge in [0.05, 0.1) is 16.6 Å². The summed E-state index contributed by atoms with van der Waals surface area (Å²) in [5.74, 6) is 0.701. The fraction of sp³-hybridized carbons (Fsp3) is 0.0714. The molecule has 3 N–H and O–H groups in total. The molecule has 0 saturated heterocycles. The van der Waals surface area contributed by atoms with Crippen LogP contribution in [0.5, 0.6) is 0 Å². The molecule has 2 heterocycles. The Morgan fingerprint density at radius 3 is 2.80 bits per heavy atom. The molecule has 0 fully saturated rings. The monoisotopic (exact) mass is 265 g/mol. The first-order valence-electron chi connectivity index (χ1n) is 6.05. The number of imidazole rings is 1. The van der Waals surface area contributed by atoms with Gasteiger partial charge in [-0.1, -0.05) is 6.07 Å². The first kappa shape index (κ1) is 12.0. The average molecular weight is 265 g/mol. The maximum atomic E-state index is 11.2. The summed E-state index contributed by atoms with van der Waals surface area (Å²) in [5.41, 5.74) is 2.91. The molecule has 1 aromatic carbocycles. The lowest BCUT2D eigenvalue weighted by Crippen LogP contribution is -2.01. The van der Waals surface area contributed by atoms with Crippen molar-refractivity contribution in [2.24, 2.45) is 0 Å². The quantitative estimate of drug-likeness (QED) is 0.671. The molecule has 0 aliphatic rings. The van der Waals surface area contributed by atoms with Gasteiger partial charge in [-0.3, -0.25) is 0 Å². The zero-order chi connectivity index (χ0) is 13.9. The molecule has 6 nitrogen and oxygen atoms in total. The average Bonchev–Trinajstić information content (AvgIpc) is 2.85. The van der Waals surface area contributed by atoms with E-state index in [0.717, 1.165) is 16.6 Å². The van der Waals surface area contributed by atoms with Crippen LogP contribution in [0.15, 0.2) is 41.3 Å². The molecule has 0 bridgehead atoms. The number of aromatic amines is 2. The fourth-order valence-corrected chi connectivity index (χ4v) is 1.95. The van der Waals surface area contributed by atoms with E-state index < -0.39 is 0 Å². The maximum Gasteiger partial charge on any atom is 0.323 e. The third-order valence-electron chi connectivity index (χ3n) is 2.95. The van der Waals surface area contributed by atoms with E-state index in [1.54, 1.807) is 12.1 Å². The molecule has 3 rings (SSSR count). The molecule has 0 aliphatic heterocycles. The molecule has 2 aromatic heterocycles. The van der Waals surface area contributed by atoms with Crippen molar-refractivity contribution in [3.63, 3.8) is 0 Å². The van der Waals surface area contributed by atoms with Crippen molar-refractivity contribution < 1.29 is 0 Å². The number of anilines is 1. The number of pyridine rings is 1. The van der Waals surface area contributed by atoms with Crippen LogP contribution in [-0.2, 0) is 6.54 Å². The predicted molar refractivity (Wildman–Crippen MR) is 75.2 cm³/mol. The highest BCUT2D eigenvalue weighted by molar-refractivity contribution is 5.75.